The number of rotatable bonds is 8. The van der Waals surface area contributed by atoms with Crippen molar-refractivity contribution >= 4 is 10.4 Å². The Bertz CT molecular complexity index is 930. The van der Waals surface area contributed by atoms with E-state index >= 15 is 0 Å². The number of benzene rings is 2. The minimum absolute atomic E-state index is 0. The number of aliphatic hydroxyl groups is 2. The second-order valence-electron chi connectivity index (χ2n) is 8.10. The maximum Gasteiger partial charge on any atom is 0.394 e. The predicted molar refractivity (Wildman–Crippen MR) is 137 cm³/mol. The van der Waals surface area contributed by atoms with E-state index in [-0.39, 0.29) is 34.0 Å². The molecule has 0 radical (unpaired) electrons. The molecular weight excluding hydrogens is 516 g/mol. The topological polar surface area (TPSA) is 283 Å². The number of nitrogens with one attached hydrogen (secondary N) is 2. The van der Waals surface area contributed by atoms with Crippen LogP contribution in [0.25, 0.3) is 0 Å². The molecule has 14 nitrogen and oxygen atoms in total. The summed E-state index contributed by atoms with van der Waals surface area (Å²) in [6, 6.07) is 9.22. The summed E-state index contributed by atoms with van der Waals surface area (Å²) in [4.78, 5) is 0. The molecule has 37 heavy (non-hydrogen) atoms. The Morgan fingerprint density at radius 2 is 0.919 bits per heavy atom. The van der Waals surface area contributed by atoms with Crippen molar-refractivity contribution in [2.75, 3.05) is 13.1 Å². The zero-order valence-electron chi connectivity index (χ0n) is 21.0. The first-order valence-corrected chi connectivity index (χ1v) is 12.0. The van der Waals surface area contributed by atoms with Crippen LogP contribution in [0.4, 0.5) is 0 Å². The molecule has 0 heterocycles. The maximum absolute atomic E-state index is 9.73. The monoisotopic (exact) mass is 556 g/mol. The lowest BCUT2D eigenvalue weighted by Gasteiger charge is -2.14. The van der Waals surface area contributed by atoms with Crippen LogP contribution in [0.2, 0.25) is 0 Å². The fraction of sp³-hybridized carbons (Fsp3) is 0.455. The number of hydrogen-bond acceptors (Lipinski definition) is 10. The summed E-state index contributed by atoms with van der Waals surface area (Å²) < 4.78 is 31.6. The third kappa shape index (κ3) is 19.1. The van der Waals surface area contributed by atoms with Gasteiger partial charge in [-0.05, 0) is 35.4 Å². The van der Waals surface area contributed by atoms with Crippen LogP contribution in [0.15, 0.2) is 36.4 Å². The Balaban J connectivity index is -0.000000506. The lowest BCUT2D eigenvalue weighted by atomic mass is 10.1. The van der Waals surface area contributed by atoms with Gasteiger partial charge in [-0.15, -0.1) is 0 Å². The molecule has 2 rings (SSSR count). The molecule has 2 atom stereocenters. The van der Waals surface area contributed by atoms with Gasteiger partial charge in [0, 0.05) is 25.2 Å². The zero-order chi connectivity index (χ0) is 27.3. The minimum atomic E-state index is -4.67. The average Bonchev–Trinajstić information content (AvgIpc) is 2.73. The summed E-state index contributed by atoms with van der Waals surface area (Å²) in [5, 5.41) is 62.3. The van der Waals surface area contributed by atoms with Crippen molar-refractivity contribution in [1.82, 2.24) is 10.6 Å². The number of phenols is 4. The number of aliphatic hydroxyl groups excluding tert-OH is 2. The lowest BCUT2D eigenvalue weighted by molar-refractivity contribution is 0.171. The molecule has 0 aliphatic heterocycles. The van der Waals surface area contributed by atoms with E-state index in [2.05, 4.69) is 10.6 Å². The summed E-state index contributed by atoms with van der Waals surface area (Å²) >= 11 is 0. The first-order valence-electron chi connectivity index (χ1n) is 10.6. The molecule has 0 amide bonds. The van der Waals surface area contributed by atoms with E-state index in [1.807, 2.05) is 27.7 Å². The molecular formula is C22H40N2O12S. The Kier molecular flexibility index (Phi) is 19.4. The molecule has 2 unspecified atom stereocenters. The highest BCUT2D eigenvalue weighted by Gasteiger charge is 2.11. The molecule has 0 bridgehead atoms. The molecule has 216 valence electrons. The van der Waals surface area contributed by atoms with E-state index in [1.54, 1.807) is 12.1 Å². The van der Waals surface area contributed by atoms with Crippen molar-refractivity contribution in [2.24, 2.45) is 0 Å². The Morgan fingerprint density at radius 3 is 1.14 bits per heavy atom. The van der Waals surface area contributed by atoms with E-state index in [4.69, 9.17) is 27.7 Å². The number of aromatic hydroxyl groups is 4. The van der Waals surface area contributed by atoms with Gasteiger partial charge >= 0.3 is 10.4 Å². The van der Waals surface area contributed by atoms with E-state index in [1.165, 1.54) is 24.3 Å². The molecule has 0 spiro atoms. The van der Waals surface area contributed by atoms with Crippen LogP contribution >= 0.6 is 0 Å². The summed E-state index contributed by atoms with van der Waals surface area (Å²) in [6.07, 6.45) is -1.36. The summed E-state index contributed by atoms with van der Waals surface area (Å²) in [7, 11) is -4.67. The van der Waals surface area contributed by atoms with E-state index < -0.39 is 22.6 Å². The quantitative estimate of drug-likeness (QED) is 0.151. The first-order chi connectivity index (χ1) is 16.0. The standard InChI is InChI=1S/2C11H17NO3.H2O4S.2H2O/c2*1-7(2)12-6-11(15)8-3-4-9(13)10(14)5-8;1-5(2,3)4;;/h2*3-5,7,11-15H,6H2,1-2H3;(H2,1,2,3,4);2*1H2. The first kappa shape index (κ1) is 38.8. The van der Waals surface area contributed by atoms with Gasteiger partial charge in [-0.3, -0.25) is 9.11 Å². The van der Waals surface area contributed by atoms with Gasteiger partial charge in [-0.1, -0.05) is 39.8 Å². The minimum Gasteiger partial charge on any atom is -0.504 e. The van der Waals surface area contributed by atoms with Gasteiger partial charge in [-0.2, -0.15) is 8.42 Å². The second kappa shape index (κ2) is 18.5. The van der Waals surface area contributed by atoms with Crippen molar-refractivity contribution < 1.29 is 59.1 Å². The van der Waals surface area contributed by atoms with Gasteiger partial charge in [0.05, 0.1) is 12.2 Å². The van der Waals surface area contributed by atoms with Crippen LogP contribution in [0.5, 0.6) is 23.0 Å². The smallest absolute Gasteiger partial charge is 0.394 e. The molecule has 0 saturated heterocycles. The molecule has 2 aromatic rings. The van der Waals surface area contributed by atoms with Gasteiger partial charge in [0.1, 0.15) is 0 Å². The largest absolute Gasteiger partial charge is 0.504 e. The highest BCUT2D eigenvalue weighted by Crippen LogP contribution is 2.28. The van der Waals surface area contributed by atoms with Crippen molar-refractivity contribution in [1.29, 1.82) is 0 Å². The Labute approximate surface area is 216 Å². The van der Waals surface area contributed by atoms with Crippen LogP contribution in [0.1, 0.15) is 51.0 Å². The van der Waals surface area contributed by atoms with Gasteiger partial charge in [-0.25, -0.2) is 0 Å². The molecule has 0 fully saturated rings. The number of hydrogen-bond donors (Lipinski definition) is 10. The summed E-state index contributed by atoms with van der Waals surface area (Å²) in [6.45, 7) is 8.79. The molecule has 14 N–H and O–H groups in total. The van der Waals surface area contributed by atoms with Crippen LogP contribution in [0.3, 0.4) is 0 Å². The highest BCUT2D eigenvalue weighted by molar-refractivity contribution is 7.79. The highest BCUT2D eigenvalue weighted by atomic mass is 32.3. The summed E-state index contributed by atoms with van der Waals surface area (Å²) in [5.41, 5.74) is 1.16. The van der Waals surface area contributed by atoms with Crippen molar-refractivity contribution in [2.45, 2.75) is 52.0 Å². The van der Waals surface area contributed by atoms with Gasteiger partial charge < -0.3 is 52.2 Å². The van der Waals surface area contributed by atoms with Crippen LogP contribution in [-0.2, 0) is 10.4 Å². The maximum atomic E-state index is 9.73. The van der Waals surface area contributed by atoms with E-state index in [9.17, 15) is 20.4 Å². The van der Waals surface area contributed by atoms with Gasteiger partial charge in [0.2, 0.25) is 0 Å². The summed E-state index contributed by atoms with van der Waals surface area (Å²) in [5.74, 6) is -0.780. The second-order valence-corrected chi connectivity index (χ2v) is 9.00. The van der Waals surface area contributed by atoms with E-state index in [0.717, 1.165) is 0 Å². The van der Waals surface area contributed by atoms with Crippen LogP contribution < -0.4 is 10.6 Å². The molecule has 0 aliphatic carbocycles. The van der Waals surface area contributed by atoms with Crippen molar-refractivity contribution in [3.05, 3.63) is 47.5 Å². The third-order valence-electron chi connectivity index (χ3n) is 4.21. The fourth-order valence-electron chi connectivity index (χ4n) is 2.43. The van der Waals surface area contributed by atoms with Crippen molar-refractivity contribution in [3.8, 4) is 23.0 Å². The molecule has 0 aromatic heterocycles. The molecule has 2 aromatic carbocycles. The van der Waals surface area contributed by atoms with Gasteiger partial charge in [0.25, 0.3) is 0 Å². The average molecular weight is 557 g/mol. The predicted octanol–water partition coefficient (Wildman–Crippen LogP) is -0.0438. The van der Waals surface area contributed by atoms with Crippen LogP contribution in [0, 0.1) is 0 Å². The van der Waals surface area contributed by atoms with E-state index in [0.29, 0.717) is 36.3 Å². The lowest BCUT2D eigenvalue weighted by Crippen LogP contribution is -2.27. The molecule has 0 aliphatic rings. The third-order valence-corrected chi connectivity index (χ3v) is 4.21. The number of phenolic OH excluding ortho intramolecular Hbond substituents is 4. The van der Waals surface area contributed by atoms with Crippen molar-refractivity contribution in [3.63, 3.8) is 0 Å². The molecule has 0 saturated carbocycles. The fourth-order valence-corrected chi connectivity index (χ4v) is 2.43. The molecule has 15 heteroatoms. The Morgan fingerprint density at radius 1 is 0.649 bits per heavy atom. The normalized spacial score (nSPS) is 12.2. The van der Waals surface area contributed by atoms with Gasteiger partial charge in [0.15, 0.2) is 23.0 Å². The van der Waals surface area contributed by atoms with Crippen LogP contribution in [-0.4, -0.2) is 84.3 Å². The Hall–Kier alpha value is -2.73. The zero-order valence-corrected chi connectivity index (χ0v) is 21.8. The SMILES string of the molecule is CC(C)NCC(O)c1ccc(O)c(O)c1.CC(C)NCC(O)c1ccc(O)c(O)c1.O.O.O=S(=O)(O)O.